The number of hydrogen-bond donors (Lipinski definition) is 0. The van der Waals surface area contributed by atoms with E-state index in [1.54, 1.807) is 0 Å². The van der Waals surface area contributed by atoms with E-state index in [1.807, 2.05) is 12.2 Å². The van der Waals surface area contributed by atoms with Gasteiger partial charge in [0.25, 0.3) is 0 Å². The van der Waals surface area contributed by atoms with Gasteiger partial charge in [0, 0.05) is 0 Å². The third-order valence-corrected chi connectivity index (χ3v) is 14.7. The van der Waals surface area contributed by atoms with Crippen LogP contribution in [0.2, 0.25) is 0 Å². The van der Waals surface area contributed by atoms with E-state index in [0.717, 1.165) is 47.3 Å². The standard InChI is InChI=1S/C10H22.C9H20.C9H18.4C8H18.C8H16.C7H16/c1-3-5-7-9-10-8-6-4-2;2*1-3-5-7-9-8-6-4-2;1-7(2)6-8(3,4)5;1-6(2)8(5)7(3)4;1-5-6-8(4)7(2)3;2*1-3-5-7-8-6-4-2;1-5-7(4)6(2)3/h3-10H2,1-2H3;3-9H2,1-2H3;3H,1,4-9H2,2H3;7H,6H2,1-5H3;6-8H,1-5H3;7-8H,5-6H2,1-4H3;3-8H2,1-2H3;3H,1,4-8H2,2H3;6-7H,5H2,1-4H3. The van der Waals surface area contributed by atoms with Gasteiger partial charge in [-0.3, -0.25) is 0 Å². The Morgan fingerprint density at radius 3 is 0.627 bits per heavy atom. The van der Waals surface area contributed by atoms with Crippen molar-refractivity contribution in [2.75, 3.05) is 0 Å². The Morgan fingerprint density at radius 2 is 0.520 bits per heavy atom. The molecule has 0 radical (unpaired) electrons. The fourth-order valence-corrected chi connectivity index (χ4v) is 7.95. The van der Waals surface area contributed by atoms with Gasteiger partial charge < -0.3 is 0 Å². The number of unbranched alkanes of at least 4 members (excludes halogenated alkanes) is 27. The molecule has 0 aromatic carbocycles. The molecule has 0 spiro atoms. The van der Waals surface area contributed by atoms with Gasteiger partial charge in [0.15, 0.2) is 0 Å². The number of rotatable bonds is 37. The summed E-state index contributed by atoms with van der Waals surface area (Å²) in [6, 6.07) is 0. The van der Waals surface area contributed by atoms with E-state index in [4.69, 9.17) is 0 Å². The smallest absolute Gasteiger partial charge is 0.0353 e. The van der Waals surface area contributed by atoms with Crippen LogP contribution in [0, 0.1) is 52.8 Å². The maximum atomic E-state index is 3.68. The summed E-state index contributed by atoms with van der Waals surface area (Å²) in [5.41, 5.74) is 0.522. The molecule has 0 nitrogen and oxygen atoms in total. The van der Waals surface area contributed by atoms with Crippen molar-refractivity contribution in [3.63, 3.8) is 0 Å². The molecule has 0 saturated heterocycles. The Morgan fingerprint density at radius 1 is 0.293 bits per heavy atom. The van der Waals surface area contributed by atoms with Gasteiger partial charge in [0.1, 0.15) is 0 Å². The van der Waals surface area contributed by atoms with Crippen molar-refractivity contribution < 1.29 is 0 Å². The molecule has 75 heavy (non-hydrogen) atoms. The Labute approximate surface area is 486 Å². The average Bonchev–Trinajstić information content (AvgIpc) is 3.35. The highest BCUT2D eigenvalue weighted by Crippen LogP contribution is 2.23. The predicted octanol–water partition coefficient (Wildman–Crippen LogP) is 29.7. The van der Waals surface area contributed by atoms with E-state index >= 15 is 0 Å². The van der Waals surface area contributed by atoms with Gasteiger partial charge in [-0.1, -0.05) is 391 Å². The van der Waals surface area contributed by atoms with E-state index in [0.29, 0.717) is 5.41 Å². The van der Waals surface area contributed by atoms with E-state index in [-0.39, 0.29) is 0 Å². The lowest BCUT2D eigenvalue weighted by atomic mass is 9.86. The molecule has 0 aromatic rings. The molecule has 0 N–H and O–H groups in total. The molecule has 0 aromatic heterocycles. The maximum Gasteiger partial charge on any atom is -0.0353 e. The number of allylic oxidation sites excluding steroid dienone is 2. The minimum Gasteiger partial charge on any atom is -0.103 e. The highest BCUT2D eigenvalue weighted by molar-refractivity contribution is 4.66. The van der Waals surface area contributed by atoms with Crippen molar-refractivity contribution in [1.29, 1.82) is 0 Å². The maximum absolute atomic E-state index is 3.68. The first-order valence-electron chi connectivity index (χ1n) is 34.6. The fraction of sp³-hybridized carbons (Fsp3) is 0.947. The van der Waals surface area contributed by atoms with Crippen LogP contribution in [0.1, 0.15) is 411 Å². The normalized spacial score (nSPS) is 11.3. The lowest BCUT2D eigenvalue weighted by Gasteiger charge is -2.19. The van der Waals surface area contributed by atoms with Crippen LogP contribution in [0.15, 0.2) is 25.3 Å². The molecule has 0 bridgehead atoms. The molecular formula is C75H164. The van der Waals surface area contributed by atoms with Crippen LogP contribution in [-0.2, 0) is 0 Å². The van der Waals surface area contributed by atoms with Gasteiger partial charge in [-0.15, -0.1) is 13.2 Å². The predicted molar refractivity (Wildman–Crippen MR) is 364 cm³/mol. The van der Waals surface area contributed by atoms with Gasteiger partial charge in [-0.2, -0.15) is 0 Å². The van der Waals surface area contributed by atoms with Crippen LogP contribution in [0.3, 0.4) is 0 Å². The quantitative estimate of drug-likeness (QED) is 0.0430. The van der Waals surface area contributed by atoms with E-state index in [2.05, 4.69) is 193 Å². The Hall–Kier alpha value is -0.520. The van der Waals surface area contributed by atoms with Crippen molar-refractivity contribution in [1.82, 2.24) is 0 Å². The van der Waals surface area contributed by atoms with Crippen LogP contribution >= 0.6 is 0 Å². The molecule has 0 aliphatic carbocycles. The Bertz CT molecular complexity index is 837. The van der Waals surface area contributed by atoms with Crippen molar-refractivity contribution in [3.8, 4) is 0 Å². The minimum absolute atomic E-state index is 0.522. The summed E-state index contributed by atoms with van der Waals surface area (Å²) >= 11 is 0. The van der Waals surface area contributed by atoms with Crippen molar-refractivity contribution in [3.05, 3.63) is 25.3 Å². The van der Waals surface area contributed by atoms with Crippen molar-refractivity contribution >= 4 is 0 Å². The molecule has 0 aliphatic rings. The molecular weight excluding hydrogens is 901 g/mol. The van der Waals surface area contributed by atoms with Crippen LogP contribution in [-0.4, -0.2) is 0 Å². The number of hydrogen-bond acceptors (Lipinski definition) is 0. The molecule has 0 heterocycles. The van der Waals surface area contributed by atoms with E-state index in [9.17, 15) is 0 Å². The summed E-state index contributed by atoms with van der Waals surface area (Å²) in [7, 11) is 0. The molecule has 0 heteroatoms. The van der Waals surface area contributed by atoms with Crippen LogP contribution in [0.4, 0.5) is 0 Å². The third kappa shape index (κ3) is 126. The monoisotopic (exact) mass is 1070 g/mol. The molecule has 0 fully saturated rings. The largest absolute Gasteiger partial charge is 0.103 e. The summed E-state index contributed by atoms with van der Waals surface area (Å²) in [6.45, 7) is 66.5. The van der Waals surface area contributed by atoms with Gasteiger partial charge in [-0.25, -0.2) is 0 Å². The van der Waals surface area contributed by atoms with E-state index in [1.165, 1.54) is 231 Å². The summed E-state index contributed by atoms with van der Waals surface area (Å²) < 4.78 is 0. The second-order valence-corrected chi connectivity index (χ2v) is 26.1. The third-order valence-electron chi connectivity index (χ3n) is 14.7. The first-order valence-corrected chi connectivity index (χ1v) is 34.6. The molecule has 2 atom stereocenters. The zero-order valence-corrected chi connectivity index (χ0v) is 59.1. The molecule has 0 rings (SSSR count). The molecule has 0 saturated carbocycles. The molecule has 0 aliphatic heterocycles. The zero-order chi connectivity index (χ0) is 60.0. The average molecular weight is 1070 g/mol. The van der Waals surface area contributed by atoms with Crippen LogP contribution in [0.25, 0.3) is 0 Å². The summed E-state index contributed by atoms with van der Waals surface area (Å²) in [5, 5.41) is 0. The van der Waals surface area contributed by atoms with Crippen molar-refractivity contribution in [2.24, 2.45) is 52.8 Å². The van der Waals surface area contributed by atoms with Gasteiger partial charge >= 0.3 is 0 Å². The SMILES string of the molecule is C=CCCCCCC.C=CCCCCCCC.CC(C)C(C)C(C)C.CC(C)CC(C)(C)C.CCC(C)C(C)C.CCCC(C)C(C)C.CCCCCCCC.CCCCCCCCC.CCCCCCCCCC. The minimum atomic E-state index is 0.522. The van der Waals surface area contributed by atoms with Gasteiger partial charge in [0.05, 0.1) is 0 Å². The second-order valence-electron chi connectivity index (χ2n) is 26.1. The molecule has 2 unspecified atom stereocenters. The lowest BCUT2D eigenvalue weighted by Crippen LogP contribution is -2.10. The second kappa shape index (κ2) is 84.8. The topological polar surface area (TPSA) is 0 Å². The lowest BCUT2D eigenvalue weighted by molar-refractivity contribution is 0.316. The first-order chi connectivity index (χ1) is 35.4. The van der Waals surface area contributed by atoms with Gasteiger partial charge in [-0.05, 0) is 84.9 Å². The summed E-state index contributed by atoms with van der Waals surface area (Å²) in [5.74, 6) is 6.95. The Balaban J connectivity index is -0.0000000935. The van der Waals surface area contributed by atoms with E-state index < -0.39 is 0 Å². The van der Waals surface area contributed by atoms with Crippen LogP contribution < -0.4 is 0 Å². The Kier molecular flexibility index (Phi) is 106. The fourth-order valence-electron chi connectivity index (χ4n) is 7.95. The van der Waals surface area contributed by atoms with Crippen molar-refractivity contribution in [2.45, 2.75) is 411 Å². The summed E-state index contributed by atoms with van der Waals surface area (Å²) in [6.07, 6.45) is 54.0. The van der Waals surface area contributed by atoms with Gasteiger partial charge in [0.2, 0.25) is 0 Å². The highest BCUT2D eigenvalue weighted by atomic mass is 14.2. The zero-order valence-electron chi connectivity index (χ0n) is 59.1. The highest BCUT2D eigenvalue weighted by Gasteiger charge is 2.11. The molecule has 0 amide bonds. The summed E-state index contributed by atoms with van der Waals surface area (Å²) in [4.78, 5) is 0. The first kappa shape index (κ1) is 93.8. The molecule has 464 valence electrons. The van der Waals surface area contributed by atoms with Crippen LogP contribution in [0.5, 0.6) is 0 Å².